The highest BCUT2D eigenvalue weighted by atomic mass is 32.2. The minimum Gasteiger partial charge on any atom is -0.479 e. The Balaban J connectivity index is 1.95. The van der Waals surface area contributed by atoms with Crippen LogP contribution in [-0.2, 0) is 9.53 Å². The van der Waals surface area contributed by atoms with Gasteiger partial charge in [-0.3, -0.25) is 4.79 Å². The van der Waals surface area contributed by atoms with E-state index < -0.39 is 6.10 Å². The van der Waals surface area contributed by atoms with E-state index in [1.165, 1.54) is 0 Å². The van der Waals surface area contributed by atoms with Crippen molar-refractivity contribution in [2.75, 3.05) is 19.5 Å². The van der Waals surface area contributed by atoms with Crippen LogP contribution in [0.5, 0.6) is 5.75 Å². The summed E-state index contributed by atoms with van der Waals surface area (Å²) in [4.78, 5) is 13.2. The van der Waals surface area contributed by atoms with Gasteiger partial charge < -0.3 is 14.8 Å². The smallest absolute Gasteiger partial charge is 0.262 e. The number of fused-ring (bicyclic) bond motifs is 1. The van der Waals surface area contributed by atoms with Gasteiger partial charge in [0.25, 0.3) is 5.91 Å². The van der Waals surface area contributed by atoms with Gasteiger partial charge >= 0.3 is 0 Å². The molecule has 0 fully saturated rings. The molecule has 1 aliphatic rings. The van der Waals surface area contributed by atoms with Gasteiger partial charge in [-0.25, -0.2) is 0 Å². The molecule has 0 saturated heterocycles. The first-order valence-corrected chi connectivity index (χ1v) is 7.41. The van der Waals surface area contributed by atoms with E-state index in [1.54, 1.807) is 18.9 Å². The first kappa shape index (κ1) is 14.2. The molecule has 5 heteroatoms. The van der Waals surface area contributed by atoms with E-state index in [9.17, 15) is 4.79 Å². The molecule has 2 atom stereocenters. The van der Waals surface area contributed by atoms with Crippen LogP contribution in [0.4, 0.5) is 0 Å². The lowest BCUT2D eigenvalue weighted by atomic mass is 10.2. The second-order valence-electron chi connectivity index (χ2n) is 4.43. The number of rotatable bonds is 5. The summed E-state index contributed by atoms with van der Waals surface area (Å²) < 4.78 is 10.8. The molecule has 104 valence electrons. The summed E-state index contributed by atoms with van der Waals surface area (Å²) in [5.74, 6) is 1.37. The van der Waals surface area contributed by atoms with E-state index in [0.717, 1.165) is 17.1 Å². The molecule has 1 aromatic rings. The van der Waals surface area contributed by atoms with Crippen LogP contribution in [0.1, 0.15) is 13.3 Å². The van der Waals surface area contributed by atoms with Crippen LogP contribution in [0.15, 0.2) is 29.2 Å². The Labute approximate surface area is 117 Å². The molecular weight excluding hydrogens is 262 g/mol. The van der Waals surface area contributed by atoms with Crippen molar-refractivity contribution in [3.63, 3.8) is 0 Å². The third kappa shape index (κ3) is 3.64. The van der Waals surface area contributed by atoms with Crippen molar-refractivity contribution in [2.45, 2.75) is 30.4 Å². The fourth-order valence-electron chi connectivity index (χ4n) is 1.91. The maximum Gasteiger partial charge on any atom is 0.262 e. The van der Waals surface area contributed by atoms with Crippen LogP contribution in [0.2, 0.25) is 0 Å². The first-order chi connectivity index (χ1) is 9.24. The third-order valence-corrected chi connectivity index (χ3v) is 4.13. The van der Waals surface area contributed by atoms with Gasteiger partial charge in [-0.1, -0.05) is 19.1 Å². The number of amides is 1. The fourth-order valence-corrected chi connectivity index (χ4v) is 2.89. The van der Waals surface area contributed by atoms with Crippen LogP contribution in [0.25, 0.3) is 0 Å². The zero-order chi connectivity index (χ0) is 13.7. The second kappa shape index (κ2) is 6.82. The molecule has 0 spiro atoms. The Bertz CT molecular complexity index is 438. The average Bonchev–Trinajstić information content (AvgIpc) is 2.46. The zero-order valence-corrected chi connectivity index (χ0v) is 12.0. The standard InChI is InChI=1S/C14H19NO3S/c1-3-10(8-17-2)15-14(16)12-9-19-13-7-5-4-6-11(13)18-12/h4-7,10,12H,3,8-9H2,1-2H3,(H,15,16). The van der Waals surface area contributed by atoms with Crippen molar-refractivity contribution in [1.29, 1.82) is 0 Å². The lowest BCUT2D eigenvalue weighted by Gasteiger charge is -2.26. The molecule has 2 rings (SSSR count). The largest absolute Gasteiger partial charge is 0.479 e. The van der Waals surface area contributed by atoms with Crippen LogP contribution in [0.3, 0.4) is 0 Å². The van der Waals surface area contributed by atoms with E-state index in [2.05, 4.69) is 5.32 Å². The summed E-state index contributed by atoms with van der Waals surface area (Å²) in [5, 5.41) is 2.97. The SMILES string of the molecule is CCC(COC)NC(=O)C1CSc2ccccc2O1. The molecule has 1 aromatic carbocycles. The van der Waals surface area contributed by atoms with Crippen LogP contribution in [0, 0.1) is 0 Å². The summed E-state index contributed by atoms with van der Waals surface area (Å²) in [5.41, 5.74) is 0. The summed E-state index contributed by atoms with van der Waals surface area (Å²) in [7, 11) is 1.64. The number of nitrogens with one attached hydrogen (secondary N) is 1. The number of hydrogen-bond donors (Lipinski definition) is 1. The van der Waals surface area contributed by atoms with E-state index >= 15 is 0 Å². The van der Waals surface area contributed by atoms with Gasteiger partial charge in [-0.05, 0) is 18.6 Å². The number of benzene rings is 1. The Kier molecular flexibility index (Phi) is 5.10. The number of carbonyl (C=O) groups excluding carboxylic acids is 1. The monoisotopic (exact) mass is 281 g/mol. The summed E-state index contributed by atoms with van der Waals surface area (Å²) in [6.45, 7) is 2.55. The van der Waals surface area contributed by atoms with Crippen LogP contribution >= 0.6 is 11.8 Å². The molecule has 0 aromatic heterocycles. The normalized spacial score (nSPS) is 19.2. The highest BCUT2D eigenvalue weighted by Gasteiger charge is 2.27. The molecule has 4 nitrogen and oxygen atoms in total. The van der Waals surface area contributed by atoms with Crippen LogP contribution < -0.4 is 10.1 Å². The van der Waals surface area contributed by atoms with Gasteiger partial charge in [-0.15, -0.1) is 11.8 Å². The van der Waals surface area contributed by atoms with E-state index in [4.69, 9.17) is 9.47 Å². The molecule has 1 amide bonds. The Hall–Kier alpha value is -1.20. The Morgan fingerprint density at radius 2 is 2.37 bits per heavy atom. The topological polar surface area (TPSA) is 47.6 Å². The quantitative estimate of drug-likeness (QED) is 0.897. The molecule has 0 radical (unpaired) electrons. The summed E-state index contributed by atoms with van der Waals surface area (Å²) >= 11 is 1.66. The van der Waals surface area contributed by atoms with Crippen molar-refractivity contribution in [1.82, 2.24) is 5.32 Å². The summed E-state index contributed by atoms with van der Waals surface area (Å²) in [6, 6.07) is 7.84. The van der Waals surface area contributed by atoms with Crippen molar-refractivity contribution < 1.29 is 14.3 Å². The number of hydrogen-bond acceptors (Lipinski definition) is 4. The van der Waals surface area contributed by atoms with E-state index in [-0.39, 0.29) is 11.9 Å². The molecule has 1 N–H and O–H groups in total. The second-order valence-corrected chi connectivity index (χ2v) is 5.50. The number of para-hydroxylation sites is 1. The van der Waals surface area contributed by atoms with Gasteiger partial charge in [0.15, 0.2) is 6.10 Å². The predicted octanol–water partition coefficient (Wildman–Crippen LogP) is 2.08. The van der Waals surface area contributed by atoms with Gasteiger partial charge in [0.2, 0.25) is 0 Å². The first-order valence-electron chi connectivity index (χ1n) is 6.42. The molecule has 2 unspecified atom stereocenters. The number of methoxy groups -OCH3 is 1. The third-order valence-electron chi connectivity index (χ3n) is 3.01. The molecule has 0 bridgehead atoms. The van der Waals surface area contributed by atoms with Crippen molar-refractivity contribution in [3.05, 3.63) is 24.3 Å². The average molecular weight is 281 g/mol. The molecule has 1 aliphatic heterocycles. The molecule has 0 saturated carbocycles. The van der Waals surface area contributed by atoms with Gasteiger partial charge in [0.05, 0.1) is 12.6 Å². The highest BCUT2D eigenvalue weighted by Crippen LogP contribution is 2.34. The zero-order valence-electron chi connectivity index (χ0n) is 11.2. The molecule has 1 heterocycles. The van der Waals surface area contributed by atoms with E-state index in [0.29, 0.717) is 12.4 Å². The number of thioether (sulfide) groups is 1. The van der Waals surface area contributed by atoms with Gasteiger partial charge in [0.1, 0.15) is 5.75 Å². The minimum absolute atomic E-state index is 0.0447. The molecular formula is C14H19NO3S. The minimum atomic E-state index is -0.425. The Morgan fingerprint density at radius 3 is 3.11 bits per heavy atom. The molecule has 0 aliphatic carbocycles. The van der Waals surface area contributed by atoms with Gasteiger partial charge in [0, 0.05) is 17.8 Å². The maximum atomic E-state index is 12.1. The number of ether oxygens (including phenoxy) is 2. The van der Waals surface area contributed by atoms with Gasteiger partial charge in [-0.2, -0.15) is 0 Å². The maximum absolute atomic E-state index is 12.1. The highest BCUT2D eigenvalue weighted by molar-refractivity contribution is 7.99. The fraction of sp³-hybridized carbons (Fsp3) is 0.500. The molecule has 19 heavy (non-hydrogen) atoms. The van der Waals surface area contributed by atoms with Crippen molar-refractivity contribution in [3.8, 4) is 5.75 Å². The predicted molar refractivity (Wildman–Crippen MR) is 75.7 cm³/mol. The van der Waals surface area contributed by atoms with E-state index in [1.807, 2.05) is 31.2 Å². The van der Waals surface area contributed by atoms with Crippen molar-refractivity contribution >= 4 is 17.7 Å². The number of carbonyl (C=O) groups is 1. The summed E-state index contributed by atoms with van der Waals surface area (Å²) in [6.07, 6.45) is 0.418. The lowest BCUT2D eigenvalue weighted by molar-refractivity contribution is -0.128. The van der Waals surface area contributed by atoms with Crippen molar-refractivity contribution in [2.24, 2.45) is 0 Å². The Morgan fingerprint density at radius 1 is 1.58 bits per heavy atom. The van der Waals surface area contributed by atoms with Crippen LogP contribution in [-0.4, -0.2) is 37.5 Å². The lowest BCUT2D eigenvalue weighted by Crippen LogP contribution is -2.47.